The molecule has 2 aliphatic heterocycles. The lowest BCUT2D eigenvalue weighted by atomic mass is 9.60. The third kappa shape index (κ3) is 4.68. The summed E-state index contributed by atoms with van der Waals surface area (Å²) in [5.74, 6) is 0.250. The van der Waals surface area contributed by atoms with Crippen molar-refractivity contribution in [1.29, 1.82) is 0 Å². The number of hydrogen-bond donors (Lipinski definition) is 2. The molecule has 6 rings (SSSR count). The van der Waals surface area contributed by atoms with Crippen molar-refractivity contribution >= 4 is 22.9 Å². The summed E-state index contributed by atoms with van der Waals surface area (Å²) in [6, 6.07) is 8.50. The van der Waals surface area contributed by atoms with E-state index in [1.54, 1.807) is 0 Å². The van der Waals surface area contributed by atoms with E-state index in [0.717, 1.165) is 50.4 Å². The van der Waals surface area contributed by atoms with Crippen LogP contribution in [0.2, 0.25) is 0 Å². The molecule has 38 heavy (non-hydrogen) atoms. The van der Waals surface area contributed by atoms with Gasteiger partial charge in [-0.1, -0.05) is 6.07 Å². The molecule has 1 aliphatic carbocycles. The summed E-state index contributed by atoms with van der Waals surface area (Å²) in [5.41, 5.74) is 1.92. The maximum absolute atomic E-state index is 13.2. The molecule has 0 unspecified atom stereocenters. The first-order valence-corrected chi connectivity index (χ1v) is 13.1. The Morgan fingerprint density at radius 1 is 1.11 bits per heavy atom. The summed E-state index contributed by atoms with van der Waals surface area (Å²) >= 11 is 0. The van der Waals surface area contributed by atoms with E-state index in [0.29, 0.717) is 18.5 Å². The maximum Gasteiger partial charge on any atom is 0.419 e. The van der Waals surface area contributed by atoms with E-state index in [1.165, 1.54) is 10.9 Å². The molecule has 1 saturated carbocycles. The fourth-order valence-electron chi connectivity index (χ4n) is 6.59. The number of H-pyrrole nitrogens is 1. The van der Waals surface area contributed by atoms with Crippen LogP contribution in [0.1, 0.15) is 37.8 Å². The van der Waals surface area contributed by atoms with Crippen molar-refractivity contribution in [2.75, 3.05) is 31.1 Å². The Labute approximate surface area is 219 Å². The molecular weight excluding hydrogens is 495 g/mol. The van der Waals surface area contributed by atoms with Gasteiger partial charge in [0.1, 0.15) is 0 Å². The molecule has 3 aliphatic rings. The van der Waals surface area contributed by atoms with Gasteiger partial charge in [0, 0.05) is 75.0 Å². The van der Waals surface area contributed by atoms with Gasteiger partial charge in [0.2, 0.25) is 5.95 Å². The number of piperazine rings is 1. The Balaban J connectivity index is 0.973. The number of halogens is 3. The fourth-order valence-corrected chi connectivity index (χ4v) is 6.59. The number of nitrogens with zero attached hydrogens (tertiary/aromatic N) is 5. The second kappa shape index (κ2) is 9.14. The molecule has 2 N–H and O–H groups in total. The standard InChI is InChI=1S/C27H32F3N7O/c1-17-12-36(24-32-10-21(11-33-24)27(28,29)30)13-18(2)37(17)25(38)34-22-8-26(9-22)15-35(16-26)14-19-3-4-23-20(7-19)5-6-31-23/h3-7,10-11,17-18,22,31H,8-9,12-16H2,1-2H3,(H,34,38)/t17-,18+. The SMILES string of the molecule is C[C@@H]1CN(c2ncc(C(F)(F)F)cn2)C[C@H](C)N1C(=O)NC1CC2(C1)CN(Cc1ccc3[nH]ccc3c1)C2. The van der Waals surface area contributed by atoms with Crippen LogP contribution < -0.4 is 10.2 Å². The Kier molecular flexibility index (Phi) is 6.01. The van der Waals surface area contributed by atoms with Gasteiger partial charge in [-0.15, -0.1) is 0 Å². The van der Waals surface area contributed by atoms with Crippen LogP contribution in [0.4, 0.5) is 23.9 Å². The van der Waals surface area contributed by atoms with E-state index < -0.39 is 11.7 Å². The van der Waals surface area contributed by atoms with Gasteiger partial charge < -0.3 is 20.1 Å². The van der Waals surface area contributed by atoms with Crippen LogP contribution in [-0.2, 0) is 12.7 Å². The first-order valence-electron chi connectivity index (χ1n) is 13.1. The number of rotatable bonds is 4. The molecule has 2 saturated heterocycles. The molecule has 0 bridgehead atoms. The summed E-state index contributed by atoms with van der Waals surface area (Å²) in [6.07, 6.45) is 1.11. The number of likely N-dealkylation sites (tertiary alicyclic amines) is 1. The maximum atomic E-state index is 13.2. The highest BCUT2D eigenvalue weighted by Crippen LogP contribution is 2.49. The monoisotopic (exact) mass is 527 g/mol. The number of carbonyl (C=O) groups is 1. The van der Waals surface area contributed by atoms with Crippen molar-refractivity contribution in [3.63, 3.8) is 0 Å². The van der Waals surface area contributed by atoms with Crippen LogP contribution in [0.15, 0.2) is 42.9 Å². The van der Waals surface area contributed by atoms with Crippen molar-refractivity contribution in [3.8, 4) is 0 Å². The lowest BCUT2D eigenvalue weighted by Gasteiger charge is -2.59. The zero-order valence-electron chi connectivity index (χ0n) is 21.5. The lowest BCUT2D eigenvalue weighted by Crippen LogP contribution is -2.68. The average molecular weight is 528 g/mol. The van der Waals surface area contributed by atoms with Crippen molar-refractivity contribution in [2.45, 2.75) is 57.5 Å². The van der Waals surface area contributed by atoms with Crippen molar-refractivity contribution < 1.29 is 18.0 Å². The Hall–Kier alpha value is -3.34. The molecular formula is C27H32F3N7O. The largest absolute Gasteiger partial charge is 0.419 e. The van der Waals surface area contributed by atoms with E-state index in [1.807, 2.05) is 29.8 Å². The number of aromatic nitrogens is 3. The van der Waals surface area contributed by atoms with Gasteiger partial charge in [-0.25, -0.2) is 14.8 Å². The number of alkyl halides is 3. The number of carbonyl (C=O) groups excluding carboxylic acids is 1. The molecule has 2 aromatic heterocycles. The van der Waals surface area contributed by atoms with E-state index in [9.17, 15) is 18.0 Å². The van der Waals surface area contributed by atoms with E-state index >= 15 is 0 Å². The smallest absolute Gasteiger partial charge is 0.361 e. The van der Waals surface area contributed by atoms with Gasteiger partial charge in [-0.2, -0.15) is 13.2 Å². The molecule has 1 spiro atoms. The van der Waals surface area contributed by atoms with Crippen molar-refractivity contribution in [1.82, 2.24) is 30.1 Å². The summed E-state index contributed by atoms with van der Waals surface area (Å²) in [6.45, 7) is 7.88. The van der Waals surface area contributed by atoms with Gasteiger partial charge in [0.15, 0.2) is 0 Å². The first-order chi connectivity index (χ1) is 18.1. The molecule has 2 amide bonds. The van der Waals surface area contributed by atoms with Crippen LogP contribution in [0.5, 0.6) is 0 Å². The number of aromatic amines is 1. The van der Waals surface area contributed by atoms with Crippen LogP contribution >= 0.6 is 0 Å². The topological polar surface area (TPSA) is 80.4 Å². The summed E-state index contributed by atoms with van der Waals surface area (Å²) in [4.78, 5) is 30.4. The molecule has 4 heterocycles. The minimum Gasteiger partial charge on any atom is -0.361 e. The predicted molar refractivity (Wildman–Crippen MR) is 138 cm³/mol. The third-order valence-electron chi connectivity index (χ3n) is 8.23. The molecule has 8 nitrogen and oxygen atoms in total. The molecule has 3 fully saturated rings. The molecule has 0 radical (unpaired) electrons. The number of anilines is 1. The van der Waals surface area contributed by atoms with E-state index in [4.69, 9.17) is 0 Å². The number of nitrogens with one attached hydrogen (secondary N) is 2. The summed E-state index contributed by atoms with van der Waals surface area (Å²) < 4.78 is 38.5. The number of amides is 2. The highest BCUT2D eigenvalue weighted by molar-refractivity contribution is 5.80. The zero-order valence-corrected chi connectivity index (χ0v) is 21.5. The van der Waals surface area contributed by atoms with Crippen LogP contribution in [0.25, 0.3) is 10.9 Å². The number of urea groups is 1. The molecule has 11 heteroatoms. The van der Waals surface area contributed by atoms with Gasteiger partial charge in [-0.05, 0) is 61.3 Å². The van der Waals surface area contributed by atoms with Gasteiger partial charge in [0.05, 0.1) is 5.56 Å². The lowest BCUT2D eigenvalue weighted by molar-refractivity contribution is -0.138. The van der Waals surface area contributed by atoms with Crippen molar-refractivity contribution in [2.24, 2.45) is 5.41 Å². The highest BCUT2D eigenvalue weighted by Gasteiger charge is 2.52. The minimum absolute atomic E-state index is 0.0752. The van der Waals surface area contributed by atoms with Gasteiger partial charge in [-0.3, -0.25) is 4.90 Å². The van der Waals surface area contributed by atoms with E-state index in [2.05, 4.69) is 49.4 Å². The average Bonchev–Trinajstić information content (AvgIpc) is 3.28. The number of hydrogen-bond acceptors (Lipinski definition) is 5. The summed E-state index contributed by atoms with van der Waals surface area (Å²) in [5, 5.41) is 4.46. The Morgan fingerprint density at radius 3 is 2.45 bits per heavy atom. The molecule has 2 atom stereocenters. The van der Waals surface area contributed by atoms with Crippen LogP contribution in [-0.4, -0.2) is 75.1 Å². The fraction of sp³-hybridized carbons (Fsp3) is 0.519. The second-order valence-electron chi connectivity index (χ2n) is 11.4. The predicted octanol–water partition coefficient (Wildman–Crippen LogP) is 4.25. The van der Waals surface area contributed by atoms with Crippen molar-refractivity contribution in [3.05, 3.63) is 54.0 Å². The molecule has 1 aromatic carbocycles. The van der Waals surface area contributed by atoms with Gasteiger partial charge >= 0.3 is 12.2 Å². The summed E-state index contributed by atoms with van der Waals surface area (Å²) in [7, 11) is 0. The highest BCUT2D eigenvalue weighted by atomic mass is 19.4. The Bertz CT molecular complexity index is 1300. The van der Waals surface area contributed by atoms with E-state index in [-0.39, 0.29) is 30.1 Å². The second-order valence-corrected chi connectivity index (χ2v) is 11.4. The normalized spacial score (nSPS) is 23.9. The minimum atomic E-state index is -4.47. The number of fused-ring (bicyclic) bond motifs is 1. The Morgan fingerprint density at radius 2 is 1.79 bits per heavy atom. The zero-order chi connectivity index (χ0) is 26.7. The molecule has 202 valence electrons. The quantitative estimate of drug-likeness (QED) is 0.531. The molecule has 3 aromatic rings. The van der Waals surface area contributed by atoms with Gasteiger partial charge in [0.25, 0.3) is 0 Å². The first kappa shape index (κ1) is 25.0. The van der Waals surface area contributed by atoms with Crippen LogP contribution in [0.3, 0.4) is 0 Å². The number of benzene rings is 1. The van der Waals surface area contributed by atoms with Crippen LogP contribution in [0, 0.1) is 5.41 Å². The third-order valence-corrected chi connectivity index (χ3v) is 8.23.